The normalized spacial score (nSPS) is 34.9. The second-order valence-electron chi connectivity index (χ2n) is 20.6. The molecule has 55 heavy (non-hydrogen) atoms. The molecule has 4 aliphatic rings. The Morgan fingerprint density at radius 2 is 0.800 bits per heavy atom. The molecule has 0 aromatic heterocycles. The van der Waals surface area contributed by atoms with Crippen LogP contribution >= 0.6 is 0 Å². The van der Waals surface area contributed by atoms with E-state index in [0.29, 0.717) is 31.1 Å². The summed E-state index contributed by atoms with van der Waals surface area (Å²) in [5.74, 6) is 0.395. The van der Waals surface area contributed by atoms with Gasteiger partial charge in [0.25, 0.3) is 0 Å². The highest BCUT2D eigenvalue weighted by Gasteiger charge is 2.47. The average molecular weight is 813 g/mol. The van der Waals surface area contributed by atoms with Gasteiger partial charge in [-0.1, -0.05) is 156 Å². The molecule has 0 aromatic rings. The first-order valence-electron chi connectivity index (χ1n) is 22.5. The van der Waals surface area contributed by atoms with Crippen molar-refractivity contribution < 1.29 is 42.3 Å². The van der Waals surface area contributed by atoms with Crippen LogP contribution in [0.15, 0.2) is 0 Å². The monoisotopic (exact) mass is 813 g/mol. The molecular weight excluding hydrogens is 723 g/mol. The Morgan fingerprint density at radius 3 is 1.02 bits per heavy atom. The molecule has 11 atom stereocenters. The predicted molar refractivity (Wildman–Crippen MR) is 217 cm³/mol. The summed E-state index contributed by atoms with van der Waals surface area (Å²) in [5, 5.41) is 0. The standard InChI is InChI=1S/2C9H15F3.C8H13F3.C8H16.2C6H14/c1-6-3-7(2)5-8(4-6)9(10,11)12;1-6-4-3-5-8(7(6)2)9(10,11)12;1-5-3-6(2)7(4-5)8(9,10)11;1-6-4-5-7(2)8(6)3;2*1-5-6(2,3)4/h2*6-8H,3-5H2,1-2H3;5-7H,3-4H2,1-2H3;6-8H,4-5H2,1-3H3;2*5H2,1-4H3/t6-,7?,8?;6?,7-,8?;;;;/m01..../s1/i;;;;5D2;. The topological polar surface area (TPSA) is 0 Å². The summed E-state index contributed by atoms with van der Waals surface area (Å²) in [6.45, 7) is 34.4. The Bertz CT molecular complexity index is 1020. The van der Waals surface area contributed by atoms with Crippen molar-refractivity contribution >= 4 is 0 Å². The third-order valence-electron chi connectivity index (χ3n) is 13.0. The third kappa shape index (κ3) is 25.5. The van der Waals surface area contributed by atoms with Crippen LogP contribution in [0.4, 0.5) is 39.5 Å². The Labute approximate surface area is 336 Å². The van der Waals surface area contributed by atoms with E-state index < -0.39 is 42.7 Å². The molecular formula is C46H87F9. The molecule has 4 aliphatic carbocycles. The van der Waals surface area contributed by atoms with E-state index in [2.05, 4.69) is 48.5 Å². The highest BCUT2D eigenvalue weighted by Crippen LogP contribution is 2.46. The first kappa shape index (κ1) is 52.4. The molecule has 9 heteroatoms. The van der Waals surface area contributed by atoms with Crippen LogP contribution in [0.2, 0.25) is 0 Å². The molecule has 0 heterocycles. The molecule has 0 bridgehead atoms. The van der Waals surface area contributed by atoms with Gasteiger partial charge in [0.05, 0.1) is 17.8 Å². The molecule has 0 saturated heterocycles. The van der Waals surface area contributed by atoms with E-state index in [1.54, 1.807) is 20.8 Å². The lowest BCUT2D eigenvalue weighted by Gasteiger charge is -2.35. The summed E-state index contributed by atoms with van der Waals surface area (Å²) in [7, 11) is 0. The van der Waals surface area contributed by atoms with Crippen LogP contribution in [-0.2, 0) is 0 Å². The lowest BCUT2D eigenvalue weighted by molar-refractivity contribution is -0.199. The van der Waals surface area contributed by atoms with E-state index in [4.69, 9.17) is 2.74 Å². The van der Waals surface area contributed by atoms with Gasteiger partial charge in [0.2, 0.25) is 0 Å². The molecule has 0 N–H and O–H groups in total. The summed E-state index contributed by atoms with van der Waals surface area (Å²) >= 11 is 0. The van der Waals surface area contributed by atoms with Crippen molar-refractivity contribution in [2.45, 2.75) is 213 Å². The maximum Gasteiger partial charge on any atom is 0.392 e. The molecule has 0 radical (unpaired) electrons. The molecule has 0 spiro atoms. The van der Waals surface area contributed by atoms with Crippen molar-refractivity contribution in [2.24, 2.45) is 81.8 Å². The zero-order valence-electron chi connectivity index (χ0n) is 40.1. The summed E-state index contributed by atoms with van der Waals surface area (Å²) in [5.41, 5.74) is 0.312. The first-order chi connectivity index (χ1) is 25.3. The number of hydrogen-bond acceptors (Lipinski definition) is 0. The van der Waals surface area contributed by atoms with Crippen LogP contribution in [0.1, 0.15) is 197 Å². The quantitative estimate of drug-likeness (QED) is 0.214. The number of rotatable bonds is 0. The van der Waals surface area contributed by atoms with Crippen molar-refractivity contribution in [3.05, 3.63) is 0 Å². The van der Waals surface area contributed by atoms with Gasteiger partial charge in [0.15, 0.2) is 0 Å². The van der Waals surface area contributed by atoms with Crippen molar-refractivity contribution in [2.75, 3.05) is 0 Å². The fourth-order valence-corrected chi connectivity index (χ4v) is 7.89. The summed E-state index contributed by atoms with van der Waals surface area (Å²) in [6.07, 6.45) is -4.12. The summed E-state index contributed by atoms with van der Waals surface area (Å²) in [4.78, 5) is 0. The smallest absolute Gasteiger partial charge is 0.171 e. The van der Waals surface area contributed by atoms with Crippen LogP contribution in [0, 0.1) is 81.8 Å². The van der Waals surface area contributed by atoms with Gasteiger partial charge in [-0.05, 0) is 103 Å². The highest BCUT2D eigenvalue weighted by molar-refractivity contribution is 4.84. The van der Waals surface area contributed by atoms with Gasteiger partial charge in [-0.2, -0.15) is 39.5 Å². The minimum Gasteiger partial charge on any atom is -0.171 e. The van der Waals surface area contributed by atoms with E-state index >= 15 is 0 Å². The summed E-state index contributed by atoms with van der Waals surface area (Å²) < 4.78 is 125. The predicted octanol–water partition coefficient (Wildman–Crippen LogP) is 18.0. The third-order valence-corrected chi connectivity index (χ3v) is 13.0. The molecule has 334 valence electrons. The van der Waals surface area contributed by atoms with Crippen molar-refractivity contribution in [1.82, 2.24) is 0 Å². The van der Waals surface area contributed by atoms with E-state index in [-0.39, 0.29) is 40.9 Å². The van der Waals surface area contributed by atoms with Crippen molar-refractivity contribution in [3.63, 3.8) is 0 Å². The van der Waals surface area contributed by atoms with Crippen LogP contribution in [0.5, 0.6) is 0 Å². The molecule has 0 nitrogen and oxygen atoms in total. The molecule has 0 amide bonds. The van der Waals surface area contributed by atoms with Crippen LogP contribution in [0.25, 0.3) is 0 Å². The van der Waals surface area contributed by atoms with Gasteiger partial charge in [-0.25, -0.2) is 0 Å². The average Bonchev–Trinajstić information content (AvgIpc) is 3.51. The Morgan fingerprint density at radius 1 is 0.436 bits per heavy atom. The largest absolute Gasteiger partial charge is 0.392 e. The Balaban J connectivity index is 0. The van der Waals surface area contributed by atoms with Crippen LogP contribution in [-0.4, -0.2) is 18.5 Å². The molecule has 0 aliphatic heterocycles. The highest BCUT2D eigenvalue weighted by atomic mass is 19.4. The van der Waals surface area contributed by atoms with Gasteiger partial charge in [-0.15, -0.1) is 0 Å². The zero-order chi connectivity index (χ0) is 45.7. The maximum atomic E-state index is 12.4. The molecule has 0 aromatic carbocycles. The second kappa shape index (κ2) is 24.5. The number of alkyl halides is 9. The fraction of sp³-hybridized carbons (Fsp3) is 1.00. The minimum absolute atomic E-state index is 0.176. The Hall–Kier alpha value is -0.630. The molecule has 4 fully saturated rings. The van der Waals surface area contributed by atoms with Gasteiger partial charge in [0, 0.05) is 2.74 Å². The van der Waals surface area contributed by atoms with E-state index in [0.717, 1.165) is 43.4 Å². The molecule has 4 saturated carbocycles. The van der Waals surface area contributed by atoms with Crippen LogP contribution < -0.4 is 0 Å². The van der Waals surface area contributed by atoms with Gasteiger partial charge in [-0.3, -0.25) is 0 Å². The van der Waals surface area contributed by atoms with Crippen molar-refractivity contribution in [3.8, 4) is 0 Å². The minimum atomic E-state index is -3.98. The lowest BCUT2D eigenvalue weighted by Crippen LogP contribution is -2.35. The zero-order valence-corrected chi connectivity index (χ0v) is 38.1. The van der Waals surface area contributed by atoms with Crippen LogP contribution in [0.3, 0.4) is 0 Å². The van der Waals surface area contributed by atoms with Gasteiger partial charge >= 0.3 is 18.5 Å². The number of halogens is 9. The first-order valence-corrected chi connectivity index (χ1v) is 21.5. The second-order valence-corrected chi connectivity index (χ2v) is 20.6. The van der Waals surface area contributed by atoms with E-state index in [1.807, 2.05) is 48.5 Å². The SMILES string of the molecule is CC1CC(C(F)(F)F)C[C@@H](C)C1.CC1CC(C)C(C(F)(F)F)C1.CC1CCC(C)C1C.CC1CCCC(C(F)(F)F)[C@@H]1C.CCC(C)(C)C.[2H]C([2H])(C)C(C)(C)C. The maximum absolute atomic E-state index is 12.4. The summed E-state index contributed by atoms with van der Waals surface area (Å²) in [6, 6.07) is 0. The number of hydrogen-bond donors (Lipinski definition) is 0. The Kier molecular flexibility index (Phi) is 23.3. The van der Waals surface area contributed by atoms with E-state index in [1.165, 1.54) is 19.3 Å². The lowest BCUT2D eigenvalue weighted by atomic mass is 9.73. The van der Waals surface area contributed by atoms with Gasteiger partial charge in [0.1, 0.15) is 0 Å². The van der Waals surface area contributed by atoms with Gasteiger partial charge < -0.3 is 0 Å². The molecule has 4 rings (SSSR count). The molecule has 9 unspecified atom stereocenters. The van der Waals surface area contributed by atoms with E-state index in [9.17, 15) is 39.5 Å². The fourth-order valence-electron chi connectivity index (χ4n) is 7.89. The van der Waals surface area contributed by atoms with Crippen molar-refractivity contribution in [1.29, 1.82) is 0 Å².